The first-order chi connectivity index (χ1) is 11.4. The molecular weight excluding hydrogens is 383 g/mol. The lowest BCUT2D eigenvalue weighted by Gasteiger charge is -2.15. The van der Waals surface area contributed by atoms with E-state index in [-0.39, 0.29) is 17.1 Å². The van der Waals surface area contributed by atoms with E-state index in [9.17, 15) is 19.1 Å². The molecule has 2 amide bonds. The van der Waals surface area contributed by atoms with Crippen molar-refractivity contribution in [2.45, 2.75) is 13.0 Å². The van der Waals surface area contributed by atoms with Crippen LogP contribution in [0.25, 0.3) is 0 Å². The Morgan fingerprint density at radius 3 is 2.58 bits per heavy atom. The number of phenols is 1. The Morgan fingerprint density at radius 1 is 1.21 bits per heavy atom. The highest BCUT2D eigenvalue weighted by Gasteiger charge is 2.18. The van der Waals surface area contributed by atoms with E-state index in [0.29, 0.717) is 4.47 Å². The first kappa shape index (κ1) is 17.7. The Labute approximate surface area is 145 Å². The molecular formula is C16H14BrFN2O4. The third-order valence-corrected chi connectivity index (χ3v) is 3.51. The summed E-state index contributed by atoms with van der Waals surface area (Å²) < 4.78 is 19.3. The number of phenolic OH excluding ortho intramolecular Hbond substituents is 1. The van der Waals surface area contributed by atoms with E-state index in [2.05, 4.69) is 26.8 Å². The summed E-state index contributed by atoms with van der Waals surface area (Å²) in [6, 6.07) is 9.97. The first-order valence-corrected chi connectivity index (χ1v) is 7.67. The van der Waals surface area contributed by atoms with Crippen LogP contribution in [0.5, 0.6) is 11.5 Å². The van der Waals surface area contributed by atoms with Gasteiger partial charge in [0.05, 0.1) is 5.56 Å². The van der Waals surface area contributed by atoms with Crippen LogP contribution in [0.1, 0.15) is 17.3 Å². The summed E-state index contributed by atoms with van der Waals surface area (Å²) in [7, 11) is 0. The van der Waals surface area contributed by atoms with Gasteiger partial charge in [-0.1, -0.05) is 28.1 Å². The molecule has 0 aliphatic rings. The lowest BCUT2D eigenvalue weighted by Crippen LogP contribution is -2.47. The normalized spacial score (nSPS) is 11.5. The third kappa shape index (κ3) is 4.45. The van der Waals surface area contributed by atoms with E-state index >= 15 is 0 Å². The van der Waals surface area contributed by atoms with Gasteiger partial charge in [-0.15, -0.1) is 0 Å². The van der Waals surface area contributed by atoms with Gasteiger partial charge >= 0.3 is 0 Å². The molecule has 0 bridgehead atoms. The van der Waals surface area contributed by atoms with Gasteiger partial charge in [-0.3, -0.25) is 20.4 Å². The van der Waals surface area contributed by atoms with Crippen molar-refractivity contribution in [1.29, 1.82) is 0 Å². The Balaban J connectivity index is 1.92. The monoisotopic (exact) mass is 396 g/mol. The van der Waals surface area contributed by atoms with Crippen LogP contribution in [-0.2, 0) is 4.79 Å². The van der Waals surface area contributed by atoms with Gasteiger partial charge in [-0.25, -0.2) is 4.39 Å². The van der Waals surface area contributed by atoms with Crippen LogP contribution in [0.3, 0.4) is 0 Å². The number of para-hydroxylation sites is 1. The number of hydrazine groups is 1. The van der Waals surface area contributed by atoms with Gasteiger partial charge in [-0.2, -0.15) is 0 Å². The molecule has 8 heteroatoms. The molecule has 1 unspecified atom stereocenters. The van der Waals surface area contributed by atoms with Crippen LogP contribution in [0.4, 0.5) is 4.39 Å². The zero-order chi connectivity index (χ0) is 17.7. The molecule has 0 radical (unpaired) electrons. The molecule has 126 valence electrons. The minimum Gasteiger partial charge on any atom is -0.507 e. The molecule has 0 heterocycles. The number of hydrogen-bond donors (Lipinski definition) is 3. The number of ether oxygens (including phenoxy) is 1. The van der Waals surface area contributed by atoms with Gasteiger partial charge in [0.15, 0.2) is 17.7 Å². The average molecular weight is 397 g/mol. The van der Waals surface area contributed by atoms with Crippen molar-refractivity contribution in [2.75, 3.05) is 0 Å². The second-order valence-corrected chi connectivity index (χ2v) is 5.71. The molecule has 0 saturated carbocycles. The lowest BCUT2D eigenvalue weighted by molar-refractivity contribution is -0.128. The zero-order valence-corrected chi connectivity index (χ0v) is 14.1. The van der Waals surface area contributed by atoms with Crippen molar-refractivity contribution in [1.82, 2.24) is 10.9 Å². The van der Waals surface area contributed by atoms with Gasteiger partial charge in [0.2, 0.25) is 0 Å². The molecule has 3 N–H and O–H groups in total. The van der Waals surface area contributed by atoms with Gasteiger partial charge < -0.3 is 9.84 Å². The summed E-state index contributed by atoms with van der Waals surface area (Å²) >= 11 is 3.16. The van der Waals surface area contributed by atoms with Gasteiger partial charge in [0.25, 0.3) is 11.8 Å². The molecule has 0 fully saturated rings. The van der Waals surface area contributed by atoms with Crippen molar-refractivity contribution >= 4 is 27.7 Å². The van der Waals surface area contributed by atoms with Crippen molar-refractivity contribution in [2.24, 2.45) is 0 Å². The highest BCUT2D eigenvalue weighted by atomic mass is 79.9. The summed E-state index contributed by atoms with van der Waals surface area (Å²) in [5.74, 6) is -2.29. The molecule has 6 nitrogen and oxygen atoms in total. The molecule has 1 atom stereocenters. The molecule has 0 spiro atoms. The van der Waals surface area contributed by atoms with Gasteiger partial charge in [-0.05, 0) is 37.3 Å². The predicted molar refractivity (Wildman–Crippen MR) is 87.9 cm³/mol. The topological polar surface area (TPSA) is 87.7 Å². The lowest BCUT2D eigenvalue weighted by atomic mass is 10.2. The number of carbonyl (C=O) groups excluding carboxylic acids is 2. The zero-order valence-electron chi connectivity index (χ0n) is 12.5. The number of nitrogens with one attached hydrogen (secondary N) is 2. The number of hydrogen-bond acceptors (Lipinski definition) is 4. The largest absolute Gasteiger partial charge is 0.507 e. The number of halogens is 2. The van der Waals surface area contributed by atoms with Crippen molar-refractivity contribution in [3.8, 4) is 11.5 Å². The Morgan fingerprint density at radius 2 is 1.92 bits per heavy atom. The number of benzene rings is 2. The van der Waals surface area contributed by atoms with Crippen molar-refractivity contribution in [3.63, 3.8) is 0 Å². The molecule has 0 saturated heterocycles. The van der Waals surface area contributed by atoms with E-state index in [0.717, 1.165) is 0 Å². The van der Waals surface area contributed by atoms with E-state index in [1.54, 1.807) is 12.1 Å². The van der Waals surface area contributed by atoms with E-state index in [4.69, 9.17) is 4.74 Å². The Bertz CT molecular complexity index is 769. The number of carbonyl (C=O) groups is 2. The first-order valence-electron chi connectivity index (χ1n) is 6.88. The van der Waals surface area contributed by atoms with Crippen molar-refractivity contribution in [3.05, 3.63) is 58.3 Å². The predicted octanol–water partition coefficient (Wildman–Crippen LogP) is 2.52. The maximum Gasteiger partial charge on any atom is 0.279 e. The standard InChI is InChI=1S/C16H14BrFN2O4/c1-9(24-14-5-3-2-4-12(14)18)15(22)19-20-16(23)11-7-6-10(17)8-13(11)21/h2-9,21H,1H3,(H,19,22)(H,20,23). The van der Waals surface area contributed by atoms with Crippen LogP contribution in [0, 0.1) is 5.82 Å². The SMILES string of the molecule is CC(Oc1ccccc1F)C(=O)NNC(=O)c1ccc(Br)cc1O. The van der Waals surface area contributed by atoms with Crippen LogP contribution < -0.4 is 15.6 Å². The number of aromatic hydroxyl groups is 1. The fraction of sp³-hybridized carbons (Fsp3) is 0.125. The Hall–Kier alpha value is -2.61. The minimum atomic E-state index is -1.04. The summed E-state index contributed by atoms with van der Waals surface area (Å²) in [5.41, 5.74) is 4.29. The minimum absolute atomic E-state index is 0.0128. The maximum absolute atomic E-state index is 13.5. The van der Waals surface area contributed by atoms with Gasteiger partial charge in [0, 0.05) is 4.47 Å². The molecule has 2 aromatic carbocycles. The summed E-state index contributed by atoms with van der Waals surface area (Å²) in [6.07, 6.45) is -1.04. The van der Waals surface area contributed by atoms with E-state index < -0.39 is 23.7 Å². The fourth-order valence-corrected chi connectivity index (χ4v) is 2.12. The Kier molecular flexibility index (Phi) is 5.75. The van der Waals surface area contributed by atoms with Crippen molar-refractivity contribution < 1.29 is 23.8 Å². The molecule has 0 aliphatic heterocycles. The summed E-state index contributed by atoms with van der Waals surface area (Å²) in [5, 5.41) is 9.69. The smallest absolute Gasteiger partial charge is 0.279 e. The van der Waals surface area contributed by atoms with Crippen LogP contribution in [0.2, 0.25) is 0 Å². The summed E-state index contributed by atoms with van der Waals surface area (Å²) in [6.45, 7) is 1.41. The van der Waals surface area contributed by atoms with E-state index in [1.165, 1.54) is 37.3 Å². The maximum atomic E-state index is 13.5. The van der Waals surface area contributed by atoms with Crippen LogP contribution in [-0.4, -0.2) is 23.0 Å². The molecule has 2 aromatic rings. The second kappa shape index (κ2) is 7.78. The molecule has 0 aromatic heterocycles. The molecule has 0 aliphatic carbocycles. The van der Waals surface area contributed by atoms with E-state index in [1.807, 2.05) is 0 Å². The highest BCUT2D eigenvalue weighted by molar-refractivity contribution is 9.10. The fourth-order valence-electron chi connectivity index (χ4n) is 1.77. The second-order valence-electron chi connectivity index (χ2n) is 4.80. The number of amides is 2. The molecule has 24 heavy (non-hydrogen) atoms. The highest BCUT2D eigenvalue weighted by Crippen LogP contribution is 2.22. The average Bonchev–Trinajstić information content (AvgIpc) is 2.54. The summed E-state index contributed by atoms with van der Waals surface area (Å²) in [4.78, 5) is 23.8. The third-order valence-electron chi connectivity index (χ3n) is 3.01. The quantitative estimate of drug-likeness (QED) is 0.692. The van der Waals surface area contributed by atoms with Crippen LogP contribution in [0.15, 0.2) is 46.9 Å². The molecule has 2 rings (SSSR count). The van der Waals surface area contributed by atoms with Gasteiger partial charge in [0.1, 0.15) is 5.75 Å². The number of rotatable bonds is 4. The van der Waals surface area contributed by atoms with Crippen LogP contribution >= 0.6 is 15.9 Å².